The number of unbranched alkanes of at least 4 members (excludes halogenated alkanes) is 1. The van der Waals surface area contributed by atoms with E-state index in [1.54, 1.807) is 6.08 Å². The summed E-state index contributed by atoms with van der Waals surface area (Å²) in [6.45, 7) is 15.6. The van der Waals surface area contributed by atoms with Crippen LogP contribution in [0.25, 0.3) is 6.08 Å². The maximum absolute atomic E-state index is 3.66. The molecular weight excluding hydrogens is 240 g/mol. The molecule has 0 N–H and O–H groups in total. The third-order valence-corrected chi connectivity index (χ3v) is 2.36. The smallest absolute Gasteiger partial charge is 0.0262 e. The highest BCUT2D eigenvalue weighted by molar-refractivity contribution is 5.46. The summed E-state index contributed by atoms with van der Waals surface area (Å²) in [7, 11) is 0. The minimum absolute atomic E-state index is 1.18. The largest absolute Gasteiger partial charge is 0.0991 e. The highest BCUT2D eigenvalue weighted by atomic mass is 13.9. The topological polar surface area (TPSA) is 0 Å². The van der Waals surface area contributed by atoms with Crippen molar-refractivity contribution < 1.29 is 0 Å². The van der Waals surface area contributed by atoms with E-state index in [-0.39, 0.29) is 0 Å². The van der Waals surface area contributed by atoms with Crippen LogP contribution in [-0.4, -0.2) is 0 Å². The molecule has 0 aliphatic carbocycles. The first-order chi connectivity index (χ1) is 9.65. The van der Waals surface area contributed by atoms with Gasteiger partial charge in [0.1, 0.15) is 0 Å². The second-order valence-corrected chi connectivity index (χ2v) is 4.26. The van der Waals surface area contributed by atoms with Crippen LogP contribution in [0.4, 0.5) is 0 Å². The highest BCUT2D eigenvalue weighted by Gasteiger charge is 1.82. The zero-order valence-corrected chi connectivity index (χ0v) is 13.6. The molecule has 0 aliphatic rings. The third kappa shape index (κ3) is 16.2. The van der Waals surface area contributed by atoms with E-state index in [1.165, 1.54) is 24.0 Å². The quantitative estimate of drug-likeness (QED) is 0.531. The van der Waals surface area contributed by atoms with Gasteiger partial charge in [-0.1, -0.05) is 106 Å². The lowest BCUT2D eigenvalue weighted by atomic mass is 10.2. The molecule has 0 bridgehead atoms. The molecule has 20 heavy (non-hydrogen) atoms. The Morgan fingerprint density at radius 1 is 0.900 bits per heavy atom. The van der Waals surface area contributed by atoms with Gasteiger partial charge in [-0.25, -0.2) is 0 Å². The number of aryl methyl sites for hydroxylation is 1. The Hall–Kier alpha value is -1.82. The van der Waals surface area contributed by atoms with Crippen LogP contribution in [0, 0.1) is 6.92 Å². The predicted octanol–water partition coefficient (Wildman–Crippen LogP) is 6.75. The molecule has 0 saturated heterocycles. The molecule has 0 heteroatoms. The summed E-state index contributed by atoms with van der Waals surface area (Å²) in [5.74, 6) is 0. The molecule has 0 heterocycles. The number of allylic oxidation sites excluding steroid dienone is 5. The van der Waals surface area contributed by atoms with Crippen molar-refractivity contribution in [1.29, 1.82) is 0 Å². The van der Waals surface area contributed by atoms with Crippen LogP contribution in [0.1, 0.15) is 44.7 Å². The van der Waals surface area contributed by atoms with E-state index >= 15 is 0 Å². The summed E-state index contributed by atoms with van der Waals surface area (Å²) < 4.78 is 0. The average molecular weight is 270 g/mol. The molecule has 1 rings (SSSR count). The summed E-state index contributed by atoms with van der Waals surface area (Å²) in [6, 6.07) is 8.28. The summed E-state index contributed by atoms with van der Waals surface area (Å²) in [5.41, 5.74) is 2.47. The van der Waals surface area contributed by atoms with E-state index in [4.69, 9.17) is 0 Å². The van der Waals surface area contributed by atoms with E-state index in [2.05, 4.69) is 58.2 Å². The monoisotopic (exact) mass is 270 g/mol. The lowest BCUT2D eigenvalue weighted by molar-refractivity contribution is 0.886. The van der Waals surface area contributed by atoms with Crippen LogP contribution >= 0.6 is 0 Å². The van der Waals surface area contributed by atoms with E-state index < -0.39 is 0 Å². The van der Waals surface area contributed by atoms with Gasteiger partial charge in [0.25, 0.3) is 0 Å². The molecule has 110 valence electrons. The summed E-state index contributed by atoms with van der Waals surface area (Å²) >= 11 is 0. The van der Waals surface area contributed by atoms with E-state index in [0.717, 1.165) is 0 Å². The van der Waals surface area contributed by atoms with Gasteiger partial charge in [-0.3, -0.25) is 0 Å². The number of benzene rings is 1. The molecule has 1 aromatic carbocycles. The van der Waals surface area contributed by atoms with Crippen LogP contribution in [0.5, 0.6) is 0 Å². The number of rotatable bonds is 4. The molecular formula is C20H30. The fourth-order valence-electron chi connectivity index (χ4n) is 0.956. The van der Waals surface area contributed by atoms with Crippen molar-refractivity contribution in [2.75, 3.05) is 0 Å². The molecule has 0 aromatic heterocycles. The van der Waals surface area contributed by atoms with Crippen LogP contribution < -0.4 is 0 Å². The number of hydrogen-bond acceptors (Lipinski definition) is 0. The molecule has 0 spiro atoms. The van der Waals surface area contributed by atoms with Gasteiger partial charge in [0.2, 0.25) is 0 Å². The normalized spacial score (nSPS) is 9.40. The standard InChI is InChI=1S/C9H10.C7H10.C4H10/c1-3-9-6-4-8(2)5-7-9;1-3-5-7-6-4-2;1-3-4-2/h3-7H,1H2,2H3;3-7H,1H2,2H3;3-4H2,1-2H3/b;6-4-,7-5-;. The second-order valence-electron chi connectivity index (χ2n) is 4.26. The molecule has 0 amide bonds. The SMILES string of the molecule is C=C/C=C\C=C/C.C=Cc1ccc(C)cc1.CCCC. The Labute approximate surface area is 126 Å². The van der Waals surface area contributed by atoms with Crippen molar-refractivity contribution in [3.05, 3.63) is 78.9 Å². The zero-order valence-electron chi connectivity index (χ0n) is 13.6. The van der Waals surface area contributed by atoms with Gasteiger partial charge in [-0.15, -0.1) is 0 Å². The van der Waals surface area contributed by atoms with Crippen molar-refractivity contribution in [3.63, 3.8) is 0 Å². The molecule has 0 radical (unpaired) electrons. The maximum Gasteiger partial charge on any atom is -0.0262 e. The second kappa shape index (κ2) is 17.2. The maximum atomic E-state index is 3.66. The van der Waals surface area contributed by atoms with Crippen LogP contribution in [0.3, 0.4) is 0 Å². The molecule has 0 unspecified atom stereocenters. The first-order valence-electron chi connectivity index (χ1n) is 7.25. The minimum Gasteiger partial charge on any atom is -0.0991 e. The van der Waals surface area contributed by atoms with Gasteiger partial charge in [0.05, 0.1) is 0 Å². The summed E-state index contributed by atoms with van der Waals surface area (Å²) in [5, 5.41) is 0. The van der Waals surface area contributed by atoms with Gasteiger partial charge in [0, 0.05) is 0 Å². The average Bonchev–Trinajstić information content (AvgIpc) is 2.49. The van der Waals surface area contributed by atoms with E-state index in [1.807, 2.05) is 37.3 Å². The van der Waals surface area contributed by atoms with Crippen molar-refractivity contribution in [1.82, 2.24) is 0 Å². The summed E-state index contributed by atoms with van der Waals surface area (Å²) in [4.78, 5) is 0. The van der Waals surface area contributed by atoms with Crippen LogP contribution in [-0.2, 0) is 0 Å². The highest BCUT2D eigenvalue weighted by Crippen LogP contribution is 2.02. The van der Waals surface area contributed by atoms with Crippen LogP contribution in [0.15, 0.2) is 67.8 Å². The molecule has 0 fully saturated rings. The van der Waals surface area contributed by atoms with Gasteiger partial charge >= 0.3 is 0 Å². The predicted molar refractivity (Wildman–Crippen MR) is 96.0 cm³/mol. The number of hydrogen-bond donors (Lipinski definition) is 0. The van der Waals surface area contributed by atoms with Crippen LogP contribution in [0.2, 0.25) is 0 Å². The Bertz CT molecular complexity index is 375. The summed E-state index contributed by atoms with van der Waals surface area (Å²) in [6.07, 6.45) is 14.0. The first-order valence-corrected chi connectivity index (χ1v) is 7.25. The Balaban J connectivity index is 0. The van der Waals surface area contributed by atoms with Gasteiger partial charge < -0.3 is 0 Å². The van der Waals surface area contributed by atoms with Crippen molar-refractivity contribution >= 4 is 6.08 Å². The molecule has 0 atom stereocenters. The van der Waals surface area contributed by atoms with Gasteiger partial charge in [-0.2, -0.15) is 0 Å². The fraction of sp³-hybridized carbons (Fsp3) is 0.300. The fourth-order valence-corrected chi connectivity index (χ4v) is 0.956. The lowest BCUT2D eigenvalue weighted by Crippen LogP contribution is -1.71. The Morgan fingerprint density at radius 2 is 1.45 bits per heavy atom. The van der Waals surface area contributed by atoms with Crippen molar-refractivity contribution in [2.24, 2.45) is 0 Å². The molecule has 0 aliphatic heterocycles. The van der Waals surface area contributed by atoms with Crippen molar-refractivity contribution in [2.45, 2.75) is 40.5 Å². The third-order valence-electron chi connectivity index (χ3n) is 2.36. The van der Waals surface area contributed by atoms with E-state index in [9.17, 15) is 0 Å². The zero-order chi connectivity index (χ0) is 15.6. The Morgan fingerprint density at radius 3 is 1.80 bits per heavy atom. The molecule has 1 aromatic rings. The minimum atomic E-state index is 1.18. The molecule has 0 saturated carbocycles. The van der Waals surface area contributed by atoms with Crippen molar-refractivity contribution in [3.8, 4) is 0 Å². The molecule has 0 nitrogen and oxygen atoms in total. The lowest BCUT2D eigenvalue weighted by Gasteiger charge is -1.91. The Kier molecular flexibility index (Phi) is 17.6. The van der Waals surface area contributed by atoms with Gasteiger partial charge in [-0.05, 0) is 19.4 Å². The first kappa shape index (κ1) is 20.5. The van der Waals surface area contributed by atoms with Gasteiger partial charge in [0.15, 0.2) is 0 Å². The van der Waals surface area contributed by atoms with E-state index in [0.29, 0.717) is 0 Å².